The summed E-state index contributed by atoms with van der Waals surface area (Å²) in [7, 11) is 3.52. The molecule has 84 valence electrons. The van der Waals surface area contributed by atoms with Crippen molar-refractivity contribution >= 4 is 5.91 Å². The third-order valence-electron chi connectivity index (χ3n) is 2.11. The lowest BCUT2D eigenvalue weighted by Crippen LogP contribution is -2.26. The third kappa shape index (κ3) is 4.16. The number of furan rings is 1. The Labute approximate surface area is 90.3 Å². The lowest BCUT2D eigenvalue weighted by molar-refractivity contribution is -0.128. The van der Waals surface area contributed by atoms with Crippen molar-refractivity contribution in [2.45, 2.75) is 19.9 Å². The fourth-order valence-electron chi connectivity index (χ4n) is 1.21. The number of amides is 1. The van der Waals surface area contributed by atoms with Crippen LogP contribution in [0.4, 0.5) is 0 Å². The van der Waals surface area contributed by atoms with Crippen molar-refractivity contribution in [1.29, 1.82) is 0 Å². The summed E-state index contributed by atoms with van der Waals surface area (Å²) in [5, 5.41) is 3.16. The van der Waals surface area contributed by atoms with Crippen LogP contribution in [0.25, 0.3) is 0 Å². The molecule has 0 radical (unpaired) electrons. The summed E-state index contributed by atoms with van der Waals surface area (Å²) < 4.78 is 5.38. The average molecular weight is 210 g/mol. The molecule has 0 atom stereocenters. The van der Waals surface area contributed by atoms with Crippen molar-refractivity contribution in [3.63, 3.8) is 0 Å². The summed E-state index contributed by atoms with van der Waals surface area (Å²) in [6.45, 7) is 3.27. The minimum atomic E-state index is 0.137. The Morgan fingerprint density at radius 3 is 2.73 bits per heavy atom. The number of aryl methyl sites for hydroxylation is 1. The van der Waals surface area contributed by atoms with Crippen molar-refractivity contribution in [3.05, 3.63) is 23.7 Å². The van der Waals surface area contributed by atoms with Gasteiger partial charge in [0.1, 0.15) is 11.5 Å². The van der Waals surface area contributed by atoms with E-state index in [2.05, 4.69) is 5.32 Å². The molecule has 1 amide bonds. The van der Waals surface area contributed by atoms with E-state index in [0.717, 1.165) is 11.5 Å². The van der Waals surface area contributed by atoms with Crippen LogP contribution < -0.4 is 5.32 Å². The van der Waals surface area contributed by atoms with Crippen LogP contribution in [-0.2, 0) is 11.3 Å². The van der Waals surface area contributed by atoms with E-state index in [4.69, 9.17) is 4.42 Å². The lowest BCUT2D eigenvalue weighted by atomic mass is 10.3. The molecule has 15 heavy (non-hydrogen) atoms. The molecule has 0 aliphatic rings. The van der Waals surface area contributed by atoms with Crippen molar-refractivity contribution in [1.82, 2.24) is 10.2 Å². The van der Waals surface area contributed by atoms with Crippen LogP contribution in [0.15, 0.2) is 16.5 Å². The largest absolute Gasteiger partial charge is 0.465 e. The molecular formula is C11H18N2O2. The number of hydrogen-bond donors (Lipinski definition) is 1. The molecule has 0 saturated carbocycles. The maximum atomic E-state index is 11.2. The highest BCUT2D eigenvalue weighted by Gasteiger charge is 2.03. The van der Waals surface area contributed by atoms with Crippen LogP contribution in [0.1, 0.15) is 17.9 Å². The van der Waals surface area contributed by atoms with Gasteiger partial charge in [-0.2, -0.15) is 0 Å². The number of hydrogen-bond acceptors (Lipinski definition) is 3. The van der Waals surface area contributed by atoms with E-state index in [9.17, 15) is 4.79 Å². The van der Waals surface area contributed by atoms with E-state index >= 15 is 0 Å². The Morgan fingerprint density at radius 1 is 1.47 bits per heavy atom. The van der Waals surface area contributed by atoms with Crippen LogP contribution in [-0.4, -0.2) is 31.4 Å². The van der Waals surface area contributed by atoms with Gasteiger partial charge in [-0.3, -0.25) is 4.79 Å². The minimum Gasteiger partial charge on any atom is -0.465 e. The van der Waals surface area contributed by atoms with Crippen LogP contribution in [0.3, 0.4) is 0 Å². The Hall–Kier alpha value is -1.29. The van der Waals surface area contributed by atoms with Crippen molar-refractivity contribution in [2.75, 3.05) is 20.6 Å². The van der Waals surface area contributed by atoms with Gasteiger partial charge in [0.15, 0.2) is 0 Å². The van der Waals surface area contributed by atoms with Gasteiger partial charge in [-0.05, 0) is 19.1 Å². The zero-order chi connectivity index (χ0) is 11.3. The molecule has 1 aromatic rings. The van der Waals surface area contributed by atoms with Crippen LogP contribution in [0.2, 0.25) is 0 Å². The highest BCUT2D eigenvalue weighted by atomic mass is 16.3. The molecule has 0 fully saturated rings. The number of nitrogens with one attached hydrogen (secondary N) is 1. The molecule has 0 aromatic carbocycles. The van der Waals surface area contributed by atoms with Gasteiger partial charge >= 0.3 is 0 Å². The van der Waals surface area contributed by atoms with E-state index < -0.39 is 0 Å². The maximum absolute atomic E-state index is 11.2. The number of carbonyl (C=O) groups excluding carboxylic acids is 1. The van der Waals surface area contributed by atoms with Gasteiger partial charge < -0.3 is 14.6 Å². The second-order valence-electron chi connectivity index (χ2n) is 3.73. The molecule has 1 N–H and O–H groups in total. The lowest BCUT2D eigenvalue weighted by Gasteiger charge is -2.09. The SMILES string of the molecule is Cc1ccc(CNCCC(=O)N(C)C)o1. The van der Waals surface area contributed by atoms with E-state index in [1.54, 1.807) is 19.0 Å². The summed E-state index contributed by atoms with van der Waals surface area (Å²) in [6, 6.07) is 3.87. The number of nitrogens with zero attached hydrogens (tertiary/aromatic N) is 1. The molecule has 0 bridgehead atoms. The average Bonchev–Trinajstić information content (AvgIpc) is 2.58. The Kier molecular flexibility index (Phi) is 4.37. The molecule has 1 aromatic heterocycles. The highest BCUT2D eigenvalue weighted by molar-refractivity contribution is 5.75. The van der Waals surface area contributed by atoms with Gasteiger partial charge in [0, 0.05) is 27.1 Å². The van der Waals surface area contributed by atoms with Gasteiger partial charge in [0.2, 0.25) is 5.91 Å². The fraction of sp³-hybridized carbons (Fsp3) is 0.545. The molecule has 1 heterocycles. The topological polar surface area (TPSA) is 45.5 Å². The molecule has 0 spiro atoms. The van der Waals surface area contributed by atoms with Gasteiger partial charge in [0.05, 0.1) is 6.54 Å². The quantitative estimate of drug-likeness (QED) is 0.742. The van der Waals surface area contributed by atoms with E-state index in [1.807, 2.05) is 19.1 Å². The molecule has 4 nitrogen and oxygen atoms in total. The normalized spacial score (nSPS) is 10.3. The first-order valence-corrected chi connectivity index (χ1v) is 5.06. The van der Waals surface area contributed by atoms with Gasteiger partial charge in [-0.25, -0.2) is 0 Å². The van der Waals surface area contributed by atoms with Gasteiger partial charge in [-0.15, -0.1) is 0 Å². The summed E-state index contributed by atoms with van der Waals surface area (Å²) in [4.78, 5) is 12.8. The van der Waals surface area contributed by atoms with E-state index in [1.165, 1.54) is 0 Å². The number of carbonyl (C=O) groups is 1. The first-order valence-electron chi connectivity index (χ1n) is 5.06. The van der Waals surface area contributed by atoms with Crippen LogP contribution >= 0.6 is 0 Å². The second-order valence-corrected chi connectivity index (χ2v) is 3.73. The summed E-state index contributed by atoms with van der Waals surface area (Å²) in [5.41, 5.74) is 0. The fourth-order valence-corrected chi connectivity index (χ4v) is 1.21. The highest BCUT2D eigenvalue weighted by Crippen LogP contribution is 2.05. The first-order chi connectivity index (χ1) is 7.09. The summed E-state index contributed by atoms with van der Waals surface area (Å²) in [5.74, 6) is 1.96. The predicted octanol–water partition coefficient (Wildman–Crippen LogP) is 1.16. The predicted molar refractivity (Wildman–Crippen MR) is 58.5 cm³/mol. The van der Waals surface area contributed by atoms with E-state index in [0.29, 0.717) is 19.5 Å². The smallest absolute Gasteiger partial charge is 0.223 e. The number of rotatable bonds is 5. The summed E-state index contributed by atoms with van der Waals surface area (Å²) in [6.07, 6.45) is 0.521. The first kappa shape index (κ1) is 11.8. The van der Waals surface area contributed by atoms with Crippen LogP contribution in [0, 0.1) is 6.92 Å². The van der Waals surface area contributed by atoms with E-state index in [-0.39, 0.29) is 5.91 Å². The Morgan fingerprint density at radius 2 is 2.20 bits per heavy atom. The van der Waals surface area contributed by atoms with Crippen LogP contribution in [0.5, 0.6) is 0 Å². The molecule has 1 rings (SSSR count). The zero-order valence-electron chi connectivity index (χ0n) is 9.54. The molecular weight excluding hydrogens is 192 g/mol. The molecule has 0 aliphatic carbocycles. The Bertz CT molecular complexity index is 318. The maximum Gasteiger partial charge on any atom is 0.223 e. The van der Waals surface area contributed by atoms with Crippen molar-refractivity contribution in [3.8, 4) is 0 Å². The molecule has 0 saturated heterocycles. The minimum absolute atomic E-state index is 0.137. The molecule has 0 unspecified atom stereocenters. The molecule has 4 heteroatoms. The van der Waals surface area contributed by atoms with Gasteiger partial charge in [0.25, 0.3) is 0 Å². The second kappa shape index (κ2) is 5.56. The third-order valence-corrected chi connectivity index (χ3v) is 2.11. The Balaban J connectivity index is 2.15. The zero-order valence-corrected chi connectivity index (χ0v) is 9.54. The molecule has 0 aliphatic heterocycles. The monoisotopic (exact) mass is 210 g/mol. The summed E-state index contributed by atoms with van der Waals surface area (Å²) >= 11 is 0. The standard InChI is InChI=1S/C11H18N2O2/c1-9-4-5-10(15-9)8-12-7-6-11(14)13(2)3/h4-5,12H,6-8H2,1-3H3. The van der Waals surface area contributed by atoms with Crippen molar-refractivity contribution in [2.24, 2.45) is 0 Å². The van der Waals surface area contributed by atoms with Gasteiger partial charge in [-0.1, -0.05) is 0 Å². The van der Waals surface area contributed by atoms with Crippen molar-refractivity contribution < 1.29 is 9.21 Å².